The third-order valence-electron chi connectivity index (χ3n) is 17.9. The van der Waals surface area contributed by atoms with E-state index >= 15 is 0 Å². The molecule has 99 heavy (non-hydrogen) atoms. The number of aromatic nitrogens is 11. The van der Waals surface area contributed by atoms with Crippen molar-refractivity contribution in [2.24, 2.45) is 0 Å². The van der Waals surface area contributed by atoms with Crippen molar-refractivity contribution in [1.29, 1.82) is 5.41 Å². The summed E-state index contributed by atoms with van der Waals surface area (Å²) in [5.41, 5.74) is 17.1. The number of thioether (sulfide) groups is 1. The number of aromatic amines is 1. The summed E-state index contributed by atoms with van der Waals surface area (Å²) in [5.74, 6) is 4.97. The van der Waals surface area contributed by atoms with E-state index in [1.807, 2.05) is 118 Å². The number of ether oxygens (including phenoxy) is 5. The lowest BCUT2D eigenvalue weighted by molar-refractivity contribution is 0.162. The Bertz CT molecular complexity index is 5260. The van der Waals surface area contributed by atoms with Gasteiger partial charge in [0, 0.05) is 62.0 Å². The van der Waals surface area contributed by atoms with Crippen molar-refractivity contribution in [3.8, 4) is 28.7 Å². The van der Waals surface area contributed by atoms with Crippen LogP contribution in [-0.2, 0) is 77.9 Å². The maximum absolute atomic E-state index is 13.8. The van der Waals surface area contributed by atoms with Gasteiger partial charge in [-0.15, -0.1) is 0 Å². The topological polar surface area (TPSA) is 340 Å². The summed E-state index contributed by atoms with van der Waals surface area (Å²) in [7, 11) is 0. The summed E-state index contributed by atoms with van der Waals surface area (Å²) in [6.45, 7) is 12.0. The van der Waals surface area contributed by atoms with E-state index in [-0.39, 0.29) is 56.7 Å². The standard InChI is InChI=1S/C29H30N6O5.C29H30N6O4.C13H13N3O3S/c1-17-11-18(2)35(38)26(30)23(17)14-31-27-32-28(36)34(16-20-4-6-25-22(13-20)8-10-40-25)29(37)33(27)15-19-3-5-24-21(12-19)7-9-39-24;1-17-11-18(2)32-26(30)23(17)14-31-27-33-28(36)35(16-20-4-6-25-22(13-20)8-10-39-25)29(37)34(27)15-19-3-5-24-21(12-19)7-9-38-24;1-20-13-15-11(17)14-12(18)16(13)7-8-2-3-10-9(6-8)4-5-19-10/h3-6,11-13,30,38H,7-10,14-16H2,1-2H3,(H,31,32,36);3-6,11-13H,7-10,14-16H2,1-2H3,(H2,30,32)(H,31,33,36);2-3,6H,4-5,7H2,1H3,(H,14,17,18). The molecular weight excluding hydrogens is 1290 g/mol. The summed E-state index contributed by atoms with van der Waals surface area (Å²) in [5, 5.41) is 25.2. The van der Waals surface area contributed by atoms with Gasteiger partial charge in [0.15, 0.2) is 10.6 Å². The summed E-state index contributed by atoms with van der Waals surface area (Å²) >= 11 is 1.28. The van der Waals surface area contributed by atoms with Crippen molar-refractivity contribution in [1.82, 2.24) is 52.5 Å². The molecule has 10 aromatic rings. The molecule has 0 aliphatic carbocycles. The van der Waals surface area contributed by atoms with Crippen molar-refractivity contribution in [3.05, 3.63) is 261 Å². The zero-order valence-electron chi connectivity index (χ0n) is 55.2. The Labute approximate surface area is 569 Å². The Morgan fingerprint density at radius 1 is 0.495 bits per heavy atom. The molecule has 510 valence electrons. The number of nitrogen functional groups attached to an aromatic ring is 1. The van der Waals surface area contributed by atoms with Crippen LogP contribution < -0.4 is 79.7 Å². The van der Waals surface area contributed by atoms with Crippen LogP contribution in [0.3, 0.4) is 0 Å². The zero-order chi connectivity index (χ0) is 69.2. The molecule has 0 bridgehead atoms. The van der Waals surface area contributed by atoms with Crippen molar-refractivity contribution < 1.29 is 28.9 Å². The van der Waals surface area contributed by atoms with E-state index < -0.39 is 34.1 Å². The van der Waals surface area contributed by atoms with E-state index in [4.69, 9.17) is 34.8 Å². The van der Waals surface area contributed by atoms with Crippen LogP contribution in [0.25, 0.3) is 0 Å². The Kier molecular flexibility index (Phi) is 19.0. The van der Waals surface area contributed by atoms with E-state index in [1.54, 1.807) is 19.2 Å². The van der Waals surface area contributed by atoms with E-state index in [2.05, 4.69) is 35.6 Å². The molecule has 7 N–H and O–H groups in total. The van der Waals surface area contributed by atoms with Crippen molar-refractivity contribution in [2.75, 3.05) is 55.7 Å². The minimum Gasteiger partial charge on any atom is -0.493 e. The first kappa shape index (κ1) is 66.2. The minimum absolute atomic E-state index is 0.0774. The average molecular weight is 1360 g/mol. The molecule has 0 saturated carbocycles. The molecule has 10 heterocycles. The Morgan fingerprint density at radius 3 is 1.24 bits per heavy atom. The van der Waals surface area contributed by atoms with Crippen molar-refractivity contribution in [3.63, 3.8) is 0 Å². The first-order valence-corrected chi connectivity index (χ1v) is 33.6. The van der Waals surface area contributed by atoms with Gasteiger partial charge in [-0.1, -0.05) is 72.4 Å². The highest BCUT2D eigenvalue weighted by atomic mass is 32.2. The number of hydrogen-bond donors (Lipinski definition) is 6. The molecule has 0 spiro atoms. The molecule has 28 heteroatoms. The van der Waals surface area contributed by atoms with Crippen LogP contribution in [0.4, 0.5) is 17.7 Å². The van der Waals surface area contributed by atoms with Crippen LogP contribution in [0.5, 0.6) is 28.7 Å². The van der Waals surface area contributed by atoms with Crippen LogP contribution in [0.1, 0.15) is 89.3 Å². The molecule has 27 nitrogen and oxygen atoms in total. The maximum Gasteiger partial charge on any atom is 0.355 e. The Morgan fingerprint density at radius 2 is 0.859 bits per heavy atom. The van der Waals surface area contributed by atoms with E-state index in [0.717, 1.165) is 148 Å². The monoisotopic (exact) mass is 1360 g/mol. The van der Waals surface area contributed by atoms with Gasteiger partial charge < -0.3 is 45.3 Å². The third-order valence-corrected chi connectivity index (χ3v) is 18.6. The number of H-pyrrole nitrogens is 1. The molecule has 5 aromatic carbocycles. The fraction of sp³-hybridized carbons (Fsp3) is 0.310. The van der Waals surface area contributed by atoms with Gasteiger partial charge in [0.1, 0.15) is 34.6 Å². The SMILES string of the molecule is CSc1nc(=O)[nH]c(=O)n1Cc1ccc2c(c1)CCO2.Cc1cc(C)c(CNc2nc(=O)n(Cc3ccc4c(c3)CCO4)c(=O)n2Cc2ccc3c(c2)CCO3)c(N)n1.Cc1cc(C)n(O)c(=N)c1CNc1nc(=O)n(Cc2ccc3c(c2)CCO3)c(=O)n1Cc1ccc2c(c1)CCO2. The number of pyridine rings is 2. The molecular formula is C71H73N15O12S. The normalized spacial score (nSPS) is 13.4. The predicted molar refractivity (Wildman–Crippen MR) is 370 cm³/mol. The molecule has 5 aliphatic rings. The largest absolute Gasteiger partial charge is 0.493 e. The number of rotatable bonds is 17. The van der Waals surface area contributed by atoms with E-state index in [9.17, 15) is 34.0 Å². The highest BCUT2D eigenvalue weighted by Gasteiger charge is 2.23. The molecule has 5 aliphatic heterocycles. The number of hydrogen-bond acceptors (Lipinski definition) is 21. The molecule has 5 aromatic heterocycles. The van der Waals surface area contributed by atoms with Crippen LogP contribution in [0.2, 0.25) is 0 Å². The molecule has 0 saturated heterocycles. The first-order valence-electron chi connectivity index (χ1n) is 32.4. The van der Waals surface area contributed by atoms with Gasteiger partial charge in [-0.2, -0.15) is 19.7 Å². The van der Waals surface area contributed by atoms with Gasteiger partial charge in [0.2, 0.25) is 11.9 Å². The van der Waals surface area contributed by atoms with Gasteiger partial charge in [-0.3, -0.25) is 24.1 Å². The van der Waals surface area contributed by atoms with Gasteiger partial charge >= 0.3 is 34.1 Å². The van der Waals surface area contributed by atoms with Crippen molar-refractivity contribution >= 4 is 29.5 Å². The molecule has 0 atom stereocenters. The maximum atomic E-state index is 13.8. The van der Waals surface area contributed by atoms with E-state index in [1.165, 1.54) is 30.0 Å². The summed E-state index contributed by atoms with van der Waals surface area (Å²) in [6.07, 6.45) is 5.88. The lowest BCUT2D eigenvalue weighted by Crippen LogP contribution is -2.43. The van der Waals surface area contributed by atoms with Gasteiger partial charge in [-0.05, 0) is 143 Å². The summed E-state index contributed by atoms with van der Waals surface area (Å²) < 4.78 is 35.4. The molecule has 0 radical (unpaired) electrons. The fourth-order valence-corrected chi connectivity index (χ4v) is 13.4. The third kappa shape index (κ3) is 14.4. The van der Waals surface area contributed by atoms with Crippen LogP contribution >= 0.6 is 11.8 Å². The number of nitrogens with zero attached hydrogens (tertiary/aromatic N) is 10. The molecule has 0 amide bonds. The van der Waals surface area contributed by atoms with Gasteiger partial charge in [-0.25, -0.2) is 42.9 Å². The molecule has 15 rings (SSSR count). The second kappa shape index (κ2) is 28.3. The number of fused-ring (bicyclic) bond motifs is 5. The smallest absolute Gasteiger partial charge is 0.355 e. The second-order valence-electron chi connectivity index (χ2n) is 24.7. The predicted octanol–water partition coefficient (Wildman–Crippen LogP) is 5.33. The summed E-state index contributed by atoms with van der Waals surface area (Å²) in [6, 6.07) is 32.7. The second-order valence-corrected chi connectivity index (χ2v) is 25.5. The highest BCUT2D eigenvalue weighted by Crippen LogP contribution is 2.31. The number of anilines is 3. The van der Waals surface area contributed by atoms with Crippen LogP contribution in [-0.4, -0.2) is 97.0 Å². The van der Waals surface area contributed by atoms with Gasteiger partial charge in [0.05, 0.1) is 71.5 Å². The summed E-state index contributed by atoms with van der Waals surface area (Å²) in [4.78, 5) is 96.1. The van der Waals surface area contributed by atoms with Crippen molar-refractivity contribution in [2.45, 2.75) is 111 Å². The average Bonchev–Trinajstić information content (AvgIpc) is 1.21. The Hall–Kier alpha value is -11.4. The highest BCUT2D eigenvalue weighted by molar-refractivity contribution is 7.98. The first-order chi connectivity index (χ1) is 47.8. The number of benzene rings is 5. The Balaban J connectivity index is 0.000000141. The number of nitrogens with two attached hydrogens (primary N) is 1. The lowest BCUT2D eigenvalue weighted by atomic mass is 10.1. The number of nitrogens with one attached hydrogen (secondary N) is 4. The lowest BCUT2D eigenvalue weighted by Gasteiger charge is -2.17. The van der Waals surface area contributed by atoms with Gasteiger partial charge in [0.25, 0.3) is 0 Å². The van der Waals surface area contributed by atoms with Crippen LogP contribution in [0, 0.1) is 33.1 Å². The molecule has 0 unspecified atom stereocenters. The van der Waals surface area contributed by atoms with Crippen LogP contribution in [0.15, 0.2) is 137 Å². The fourth-order valence-electron chi connectivity index (χ4n) is 12.8. The minimum atomic E-state index is -0.674. The molecule has 0 fully saturated rings. The number of aryl methyl sites for hydroxylation is 4. The quantitative estimate of drug-likeness (QED) is 0.0495. The zero-order valence-corrected chi connectivity index (χ0v) is 56.0. The van der Waals surface area contributed by atoms with E-state index in [0.29, 0.717) is 61.8 Å².